The van der Waals surface area contributed by atoms with Gasteiger partial charge in [0.05, 0.1) is 9.82 Å². The van der Waals surface area contributed by atoms with E-state index in [1.165, 1.54) is 36.4 Å². The molecule has 0 heterocycles. The minimum absolute atomic E-state index is 0.0577. The highest BCUT2D eigenvalue weighted by Crippen LogP contribution is 2.28. The lowest BCUT2D eigenvalue weighted by Crippen LogP contribution is -2.34. The number of hydrogen-bond donors (Lipinski definition) is 2. The molecule has 0 saturated carbocycles. The number of rotatable bonds is 4. The summed E-state index contributed by atoms with van der Waals surface area (Å²) < 4.78 is 25.3. The van der Waals surface area contributed by atoms with Gasteiger partial charge in [0.15, 0.2) is 0 Å². The van der Waals surface area contributed by atoms with E-state index in [0.29, 0.717) is 11.1 Å². The first-order valence-electron chi connectivity index (χ1n) is 6.38. The third kappa shape index (κ3) is 3.64. The third-order valence-corrected chi connectivity index (χ3v) is 4.51. The van der Waals surface area contributed by atoms with Gasteiger partial charge in [0.25, 0.3) is 15.7 Å². The average molecular weight is 335 g/mol. The number of nitrogens with two attached hydrogens (primary N) is 1. The number of nitrogens with one attached hydrogen (secondary N) is 1. The van der Waals surface area contributed by atoms with E-state index in [2.05, 4.69) is 0 Å². The highest BCUT2D eigenvalue weighted by molar-refractivity contribution is 7.90. The monoisotopic (exact) mass is 335 g/mol. The van der Waals surface area contributed by atoms with Gasteiger partial charge in [-0.15, -0.1) is 0 Å². The molecule has 3 N–H and O–H groups in total. The van der Waals surface area contributed by atoms with Crippen molar-refractivity contribution in [3.05, 3.63) is 58.1 Å². The minimum atomic E-state index is -4.02. The first-order valence-corrected chi connectivity index (χ1v) is 7.87. The van der Waals surface area contributed by atoms with Crippen LogP contribution in [0, 0.1) is 17.0 Å². The van der Waals surface area contributed by atoms with Gasteiger partial charge in [-0.2, -0.15) is 0 Å². The summed E-state index contributed by atoms with van der Waals surface area (Å²) in [5.41, 5.74) is 6.79. The maximum absolute atomic E-state index is 11.8. The van der Waals surface area contributed by atoms with Crippen molar-refractivity contribution in [2.24, 2.45) is 5.73 Å². The first-order chi connectivity index (χ1) is 10.7. The zero-order valence-corrected chi connectivity index (χ0v) is 12.8. The Kier molecular flexibility index (Phi) is 4.32. The Morgan fingerprint density at radius 2 is 1.78 bits per heavy atom. The summed E-state index contributed by atoms with van der Waals surface area (Å²) in [6.07, 6.45) is 0. The molecule has 2 aromatic rings. The number of nitro benzene ring substituents is 1. The smallest absolute Gasteiger partial charge is 0.326 e. The molecule has 0 spiro atoms. The van der Waals surface area contributed by atoms with Crippen molar-refractivity contribution in [3.8, 4) is 11.1 Å². The number of hydrogen-bond acceptors (Lipinski definition) is 5. The number of carbonyl (C=O) groups is 1. The lowest BCUT2D eigenvalue weighted by molar-refractivity contribution is -0.384. The summed E-state index contributed by atoms with van der Waals surface area (Å²) in [4.78, 5) is 20.9. The molecule has 0 aliphatic rings. The van der Waals surface area contributed by atoms with Crippen molar-refractivity contribution in [2.75, 3.05) is 0 Å². The van der Waals surface area contributed by atoms with Crippen LogP contribution in [0.25, 0.3) is 11.1 Å². The summed E-state index contributed by atoms with van der Waals surface area (Å²) in [5, 5.41) is 10.9. The molecule has 23 heavy (non-hydrogen) atoms. The van der Waals surface area contributed by atoms with Crippen molar-refractivity contribution in [3.63, 3.8) is 0 Å². The summed E-state index contributed by atoms with van der Waals surface area (Å²) in [5.74, 6) is 0. The predicted molar refractivity (Wildman–Crippen MR) is 83.2 cm³/mol. The number of primary amides is 1. The van der Waals surface area contributed by atoms with Gasteiger partial charge in [-0.25, -0.2) is 17.9 Å². The number of aryl methyl sites for hydroxylation is 1. The maximum atomic E-state index is 11.8. The topological polar surface area (TPSA) is 132 Å². The standard InChI is InChI=1S/C14H13N3O5S/c1-9-2-5-11(17(19)20)8-13(9)10-3-6-12(7-4-10)23(21,22)16-14(15)18/h2-8H,1H3,(H3,15,16,18). The Balaban J connectivity index is 2.43. The van der Waals surface area contributed by atoms with Gasteiger partial charge in [-0.05, 0) is 35.7 Å². The number of urea groups is 1. The largest absolute Gasteiger partial charge is 0.351 e. The molecule has 8 nitrogen and oxygen atoms in total. The van der Waals surface area contributed by atoms with E-state index in [0.717, 1.165) is 5.56 Å². The Bertz CT molecular complexity index is 876. The van der Waals surface area contributed by atoms with Crippen LogP contribution in [-0.2, 0) is 10.0 Å². The second-order valence-corrected chi connectivity index (χ2v) is 6.43. The van der Waals surface area contributed by atoms with E-state index in [4.69, 9.17) is 5.73 Å². The lowest BCUT2D eigenvalue weighted by Gasteiger charge is -2.08. The van der Waals surface area contributed by atoms with Crippen LogP contribution >= 0.6 is 0 Å². The maximum Gasteiger partial charge on any atom is 0.326 e. The van der Waals surface area contributed by atoms with E-state index < -0.39 is 21.0 Å². The number of carbonyl (C=O) groups excluding carboxylic acids is 1. The van der Waals surface area contributed by atoms with Crippen LogP contribution in [0.3, 0.4) is 0 Å². The lowest BCUT2D eigenvalue weighted by atomic mass is 10.00. The minimum Gasteiger partial charge on any atom is -0.351 e. The van der Waals surface area contributed by atoms with Gasteiger partial charge in [0, 0.05) is 12.1 Å². The van der Waals surface area contributed by atoms with E-state index >= 15 is 0 Å². The van der Waals surface area contributed by atoms with Crippen LogP contribution in [0.1, 0.15) is 5.56 Å². The van der Waals surface area contributed by atoms with Gasteiger partial charge < -0.3 is 5.73 Å². The average Bonchev–Trinajstić information content (AvgIpc) is 2.46. The van der Waals surface area contributed by atoms with E-state index in [1.807, 2.05) is 0 Å². The molecular weight excluding hydrogens is 322 g/mol. The Labute approximate surface area is 132 Å². The molecule has 0 atom stereocenters. The van der Waals surface area contributed by atoms with Crippen LogP contribution in [0.5, 0.6) is 0 Å². The number of sulfonamides is 1. The Morgan fingerprint density at radius 3 is 2.30 bits per heavy atom. The van der Waals surface area contributed by atoms with Crippen molar-refractivity contribution in [1.29, 1.82) is 0 Å². The van der Waals surface area contributed by atoms with Crippen molar-refractivity contribution in [1.82, 2.24) is 4.72 Å². The molecule has 0 unspecified atom stereocenters. The van der Waals surface area contributed by atoms with Crippen LogP contribution in [0.4, 0.5) is 10.5 Å². The van der Waals surface area contributed by atoms with Crippen LogP contribution in [0.2, 0.25) is 0 Å². The molecule has 0 fully saturated rings. The second-order valence-electron chi connectivity index (χ2n) is 4.75. The summed E-state index contributed by atoms with van der Waals surface area (Å²) >= 11 is 0. The normalized spacial score (nSPS) is 11.0. The molecule has 0 saturated heterocycles. The number of non-ortho nitro benzene ring substituents is 1. The van der Waals surface area contributed by atoms with Crippen molar-refractivity contribution < 1.29 is 18.1 Å². The summed E-state index contributed by atoms with van der Waals surface area (Å²) in [6, 6.07) is 8.84. The fraction of sp³-hybridized carbons (Fsp3) is 0.0714. The van der Waals surface area contributed by atoms with Crippen molar-refractivity contribution >= 4 is 21.7 Å². The van der Waals surface area contributed by atoms with Crippen molar-refractivity contribution in [2.45, 2.75) is 11.8 Å². The van der Waals surface area contributed by atoms with Crippen LogP contribution in [0.15, 0.2) is 47.4 Å². The molecule has 0 aromatic heterocycles. The Hall–Kier alpha value is -2.94. The van der Waals surface area contributed by atoms with E-state index in [1.54, 1.807) is 17.7 Å². The highest BCUT2D eigenvalue weighted by atomic mass is 32.2. The molecule has 0 aliphatic carbocycles. The van der Waals surface area contributed by atoms with Gasteiger partial charge >= 0.3 is 6.03 Å². The zero-order valence-electron chi connectivity index (χ0n) is 12.0. The fourth-order valence-corrected chi connectivity index (χ4v) is 2.92. The number of nitrogens with zero attached hydrogens (tertiary/aromatic N) is 1. The summed E-state index contributed by atoms with van der Waals surface area (Å²) in [6.45, 7) is 1.79. The first kappa shape index (κ1) is 16.4. The number of nitro groups is 1. The molecule has 2 rings (SSSR count). The van der Waals surface area contributed by atoms with Crippen LogP contribution in [-0.4, -0.2) is 19.4 Å². The molecule has 2 amide bonds. The fourth-order valence-electron chi connectivity index (χ4n) is 2.04. The molecule has 2 aromatic carbocycles. The number of amides is 2. The second kappa shape index (κ2) is 6.05. The zero-order chi connectivity index (χ0) is 17.2. The quantitative estimate of drug-likeness (QED) is 0.650. The predicted octanol–water partition coefficient (Wildman–Crippen LogP) is 1.93. The Morgan fingerprint density at radius 1 is 1.17 bits per heavy atom. The molecule has 9 heteroatoms. The molecule has 0 bridgehead atoms. The van der Waals surface area contributed by atoms with Crippen LogP contribution < -0.4 is 10.5 Å². The molecular formula is C14H13N3O5S. The van der Waals surface area contributed by atoms with Gasteiger partial charge in [-0.3, -0.25) is 10.1 Å². The SMILES string of the molecule is Cc1ccc([N+](=O)[O-])cc1-c1ccc(S(=O)(=O)NC(N)=O)cc1. The summed E-state index contributed by atoms with van der Waals surface area (Å²) in [7, 11) is -4.02. The number of benzene rings is 2. The third-order valence-electron chi connectivity index (χ3n) is 3.14. The molecule has 0 radical (unpaired) electrons. The van der Waals surface area contributed by atoms with E-state index in [9.17, 15) is 23.3 Å². The molecule has 120 valence electrons. The van der Waals surface area contributed by atoms with Gasteiger partial charge in [0.1, 0.15) is 0 Å². The van der Waals surface area contributed by atoms with Gasteiger partial charge in [-0.1, -0.05) is 18.2 Å². The van der Waals surface area contributed by atoms with Gasteiger partial charge in [0.2, 0.25) is 0 Å². The highest BCUT2D eigenvalue weighted by Gasteiger charge is 2.16. The molecule has 0 aliphatic heterocycles. The van der Waals surface area contributed by atoms with E-state index in [-0.39, 0.29) is 10.6 Å².